The molecule has 18 heavy (non-hydrogen) atoms. The molecule has 0 amide bonds. The third-order valence-corrected chi connectivity index (χ3v) is 2.86. The predicted octanol–water partition coefficient (Wildman–Crippen LogP) is 3.32. The molecule has 1 unspecified atom stereocenters. The highest BCUT2D eigenvalue weighted by Gasteiger charge is 2.10. The highest BCUT2D eigenvalue weighted by molar-refractivity contribution is 6.31. The molecule has 1 aromatic heterocycles. The van der Waals surface area contributed by atoms with Crippen molar-refractivity contribution in [1.82, 2.24) is 4.98 Å². The first-order valence-corrected chi connectivity index (χ1v) is 5.84. The lowest BCUT2D eigenvalue weighted by Crippen LogP contribution is -2.07. The molecular weight excluding hydrogens is 252 g/mol. The number of anilines is 1. The SMILES string of the molecule is CC(Nc1cccnc1Cl)c1cc(O)cc(O)c1. The van der Waals surface area contributed by atoms with Crippen molar-refractivity contribution in [2.45, 2.75) is 13.0 Å². The van der Waals surface area contributed by atoms with Gasteiger partial charge in [0.05, 0.1) is 5.69 Å². The van der Waals surface area contributed by atoms with Gasteiger partial charge < -0.3 is 15.5 Å². The summed E-state index contributed by atoms with van der Waals surface area (Å²) >= 11 is 5.95. The molecule has 0 aliphatic carbocycles. The van der Waals surface area contributed by atoms with Crippen molar-refractivity contribution in [3.05, 3.63) is 47.2 Å². The molecule has 1 heterocycles. The highest BCUT2D eigenvalue weighted by Crippen LogP contribution is 2.28. The molecule has 4 nitrogen and oxygen atoms in total. The molecule has 2 aromatic rings. The summed E-state index contributed by atoms with van der Waals surface area (Å²) in [5.74, 6) is 0.0480. The molecule has 2 rings (SSSR count). The van der Waals surface area contributed by atoms with Gasteiger partial charge in [-0.2, -0.15) is 0 Å². The summed E-state index contributed by atoms with van der Waals surface area (Å²) in [6, 6.07) is 7.93. The first-order valence-electron chi connectivity index (χ1n) is 5.46. The van der Waals surface area contributed by atoms with Crippen molar-refractivity contribution in [2.75, 3.05) is 5.32 Å². The van der Waals surface area contributed by atoms with E-state index in [2.05, 4.69) is 10.3 Å². The lowest BCUT2D eigenvalue weighted by atomic mass is 10.1. The molecule has 0 radical (unpaired) electrons. The van der Waals surface area contributed by atoms with Crippen LogP contribution < -0.4 is 5.32 Å². The average molecular weight is 265 g/mol. The molecule has 0 fully saturated rings. The Morgan fingerprint density at radius 2 is 1.89 bits per heavy atom. The molecule has 0 saturated heterocycles. The Bertz CT molecular complexity index is 540. The average Bonchev–Trinajstić information content (AvgIpc) is 2.31. The minimum Gasteiger partial charge on any atom is -0.508 e. The molecule has 0 aliphatic rings. The summed E-state index contributed by atoms with van der Waals surface area (Å²) in [6.45, 7) is 1.90. The zero-order chi connectivity index (χ0) is 13.1. The van der Waals surface area contributed by atoms with E-state index < -0.39 is 0 Å². The molecule has 0 saturated carbocycles. The summed E-state index contributed by atoms with van der Waals surface area (Å²) < 4.78 is 0. The van der Waals surface area contributed by atoms with Crippen LogP contribution in [0.25, 0.3) is 0 Å². The monoisotopic (exact) mass is 264 g/mol. The number of phenols is 2. The number of halogens is 1. The van der Waals surface area contributed by atoms with Crippen LogP contribution in [0, 0.1) is 0 Å². The first-order chi connectivity index (χ1) is 8.56. The minimum absolute atomic E-state index is 0.0240. The van der Waals surface area contributed by atoms with Crippen molar-refractivity contribution >= 4 is 17.3 Å². The van der Waals surface area contributed by atoms with Gasteiger partial charge in [-0.15, -0.1) is 0 Å². The zero-order valence-corrected chi connectivity index (χ0v) is 10.5. The number of rotatable bonds is 3. The molecule has 5 heteroatoms. The fourth-order valence-electron chi connectivity index (χ4n) is 1.68. The second-order valence-electron chi connectivity index (χ2n) is 3.99. The molecule has 1 aromatic carbocycles. The van der Waals surface area contributed by atoms with Crippen molar-refractivity contribution < 1.29 is 10.2 Å². The molecule has 0 spiro atoms. The van der Waals surface area contributed by atoms with Gasteiger partial charge in [-0.3, -0.25) is 0 Å². The Balaban J connectivity index is 2.22. The van der Waals surface area contributed by atoms with Crippen molar-refractivity contribution in [3.63, 3.8) is 0 Å². The number of nitrogens with zero attached hydrogens (tertiary/aromatic N) is 1. The van der Waals surface area contributed by atoms with Crippen molar-refractivity contribution in [3.8, 4) is 11.5 Å². The van der Waals surface area contributed by atoms with Crippen LogP contribution >= 0.6 is 11.6 Å². The third-order valence-electron chi connectivity index (χ3n) is 2.56. The Morgan fingerprint density at radius 1 is 1.22 bits per heavy atom. The van der Waals surface area contributed by atoms with E-state index in [1.54, 1.807) is 24.4 Å². The van der Waals surface area contributed by atoms with Gasteiger partial charge >= 0.3 is 0 Å². The molecular formula is C13H13ClN2O2. The summed E-state index contributed by atoms with van der Waals surface area (Å²) in [5, 5.41) is 22.4. The summed E-state index contributed by atoms with van der Waals surface area (Å²) in [7, 11) is 0. The van der Waals surface area contributed by atoms with E-state index in [1.165, 1.54) is 6.07 Å². The Hall–Kier alpha value is -1.94. The van der Waals surface area contributed by atoms with Crippen LogP contribution in [0.1, 0.15) is 18.5 Å². The maximum atomic E-state index is 9.44. The van der Waals surface area contributed by atoms with Crippen LogP contribution in [0.2, 0.25) is 5.15 Å². The normalized spacial score (nSPS) is 12.1. The van der Waals surface area contributed by atoms with Gasteiger partial charge in [0, 0.05) is 18.3 Å². The van der Waals surface area contributed by atoms with Gasteiger partial charge in [0.25, 0.3) is 0 Å². The second-order valence-corrected chi connectivity index (χ2v) is 4.35. The quantitative estimate of drug-likeness (QED) is 0.744. The fraction of sp³-hybridized carbons (Fsp3) is 0.154. The van der Waals surface area contributed by atoms with Gasteiger partial charge in [0.15, 0.2) is 5.15 Å². The van der Waals surface area contributed by atoms with Crippen molar-refractivity contribution in [2.24, 2.45) is 0 Å². The first kappa shape index (κ1) is 12.5. The van der Waals surface area contributed by atoms with E-state index in [0.29, 0.717) is 10.8 Å². The van der Waals surface area contributed by atoms with Crippen LogP contribution in [-0.4, -0.2) is 15.2 Å². The summed E-state index contributed by atoms with van der Waals surface area (Å²) in [4.78, 5) is 3.97. The number of pyridine rings is 1. The molecule has 94 valence electrons. The summed E-state index contributed by atoms with van der Waals surface area (Å²) in [5.41, 5.74) is 1.46. The molecule has 0 aliphatic heterocycles. The number of hydrogen-bond acceptors (Lipinski definition) is 4. The molecule has 0 bridgehead atoms. The zero-order valence-electron chi connectivity index (χ0n) is 9.76. The lowest BCUT2D eigenvalue weighted by Gasteiger charge is -2.16. The second kappa shape index (κ2) is 5.14. The highest BCUT2D eigenvalue weighted by atomic mass is 35.5. The topological polar surface area (TPSA) is 65.4 Å². The smallest absolute Gasteiger partial charge is 0.152 e. The van der Waals surface area contributed by atoms with E-state index in [0.717, 1.165) is 5.56 Å². The Morgan fingerprint density at radius 3 is 2.50 bits per heavy atom. The van der Waals surface area contributed by atoms with E-state index in [9.17, 15) is 10.2 Å². The maximum Gasteiger partial charge on any atom is 0.152 e. The molecule has 3 N–H and O–H groups in total. The number of phenolic OH excluding ortho intramolecular Hbond substituents is 2. The van der Waals surface area contributed by atoms with Crippen LogP contribution in [0.3, 0.4) is 0 Å². The van der Waals surface area contributed by atoms with Gasteiger partial charge in [-0.1, -0.05) is 11.6 Å². The number of hydrogen-bond donors (Lipinski definition) is 3. The van der Waals surface area contributed by atoms with Gasteiger partial charge in [-0.25, -0.2) is 4.98 Å². The molecule has 1 atom stereocenters. The standard InChI is InChI=1S/C13H13ClN2O2/c1-8(9-5-10(17)7-11(18)6-9)16-12-3-2-4-15-13(12)14/h2-8,16-18H,1H3. The van der Waals surface area contributed by atoms with Gasteiger partial charge in [-0.05, 0) is 36.8 Å². The number of benzene rings is 1. The summed E-state index contributed by atoms with van der Waals surface area (Å²) in [6.07, 6.45) is 1.61. The van der Waals surface area contributed by atoms with Gasteiger partial charge in [0.2, 0.25) is 0 Å². The number of nitrogens with one attached hydrogen (secondary N) is 1. The Labute approximate surface area is 110 Å². The predicted molar refractivity (Wildman–Crippen MR) is 71.1 cm³/mol. The van der Waals surface area contributed by atoms with E-state index in [1.807, 2.05) is 13.0 Å². The largest absolute Gasteiger partial charge is 0.508 e. The minimum atomic E-state index is -0.121. The van der Waals surface area contributed by atoms with Crippen LogP contribution in [0.15, 0.2) is 36.5 Å². The lowest BCUT2D eigenvalue weighted by molar-refractivity contribution is 0.448. The van der Waals surface area contributed by atoms with Crippen LogP contribution in [-0.2, 0) is 0 Å². The van der Waals surface area contributed by atoms with Crippen LogP contribution in [0.4, 0.5) is 5.69 Å². The maximum absolute atomic E-state index is 9.44. The van der Waals surface area contributed by atoms with Gasteiger partial charge in [0.1, 0.15) is 11.5 Å². The van der Waals surface area contributed by atoms with Crippen LogP contribution in [0.5, 0.6) is 11.5 Å². The number of aromatic nitrogens is 1. The number of aromatic hydroxyl groups is 2. The van der Waals surface area contributed by atoms with Crippen molar-refractivity contribution in [1.29, 1.82) is 0 Å². The van der Waals surface area contributed by atoms with E-state index in [4.69, 9.17) is 11.6 Å². The van der Waals surface area contributed by atoms with E-state index in [-0.39, 0.29) is 17.5 Å². The third kappa shape index (κ3) is 2.84. The van der Waals surface area contributed by atoms with E-state index >= 15 is 0 Å². The fourth-order valence-corrected chi connectivity index (χ4v) is 1.85. The Kier molecular flexibility index (Phi) is 3.58.